The van der Waals surface area contributed by atoms with E-state index in [4.69, 9.17) is 0 Å². The maximum Gasteiger partial charge on any atom is 0.239 e. The number of piperidine rings is 1. The molecule has 4 heteroatoms. The second kappa shape index (κ2) is 7.25. The van der Waals surface area contributed by atoms with E-state index < -0.39 is 5.54 Å². The molecule has 1 unspecified atom stereocenters. The van der Waals surface area contributed by atoms with Crippen molar-refractivity contribution >= 4 is 5.91 Å². The Morgan fingerprint density at radius 1 is 1.42 bits per heavy atom. The monoisotopic (exact) mass is 269 g/mol. The topological polar surface area (TPSA) is 44.4 Å². The van der Waals surface area contributed by atoms with Crippen LogP contribution in [0.5, 0.6) is 0 Å². The predicted molar refractivity (Wildman–Crippen MR) is 80.2 cm³/mol. The van der Waals surface area contributed by atoms with E-state index in [0.29, 0.717) is 5.92 Å². The average molecular weight is 269 g/mol. The number of carbonyl (C=O) groups is 1. The first-order valence-electron chi connectivity index (χ1n) is 7.54. The molecule has 0 spiro atoms. The molecule has 1 atom stereocenters. The summed E-state index contributed by atoms with van der Waals surface area (Å²) < 4.78 is 0. The van der Waals surface area contributed by atoms with Gasteiger partial charge in [0.15, 0.2) is 0 Å². The molecule has 1 saturated heterocycles. The van der Waals surface area contributed by atoms with Gasteiger partial charge in [-0.1, -0.05) is 13.8 Å². The fraction of sp³-hybridized carbons (Fsp3) is 0.933. The summed E-state index contributed by atoms with van der Waals surface area (Å²) in [6, 6.07) is 0. The Hall–Kier alpha value is -0.610. The number of hydrogen-bond acceptors (Lipinski definition) is 3. The highest BCUT2D eigenvalue weighted by molar-refractivity contribution is 5.85. The van der Waals surface area contributed by atoms with Gasteiger partial charge in [-0.25, -0.2) is 0 Å². The van der Waals surface area contributed by atoms with Crippen molar-refractivity contribution in [3.8, 4) is 0 Å². The highest BCUT2D eigenvalue weighted by Gasteiger charge is 2.26. The second-order valence-electron chi connectivity index (χ2n) is 6.75. The van der Waals surface area contributed by atoms with Crippen LogP contribution in [0.1, 0.15) is 40.5 Å². The molecule has 0 saturated carbocycles. The van der Waals surface area contributed by atoms with E-state index in [1.807, 2.05) is 20.9 Å². The lowest BCUT2D eigenvalue weighted by Crippen LogP contribution is -2.52. The van der Waals surface area contributed by atoms with E-state index in [2.05, 4.69) is 29.4 Å². The van der Waals surface area contributed by atoms with Crippen molar-refractivity contribution in [2.45, 2.75) is 46.1 Å². The molecule has 1 aliphatic rings. The van der Waals surface area contributed by atoms with E-state index in [0.717, 1.165) is 19.0 Å². The molecular formula is C15H31N3O. The molecule has 112 valence electrons. The zero-order chi connectivity index (χ0) is 14.5. The van der Waals surface area contributed by atoms with Gasteiger partial charge in [0.1, 0.15) is 0 Å². The van der Waals surface area contributed by atoms with E-state index in [-0.39, 0.29) is 5.91 Å². The molecule has 1 amide bonds. The molecule has 4 nitrogen and oxygen atoms in total. The molecule has 0 bridgehead atoms. The van der Waals surface area contributed by atoms with Crippen LogP contribution in [-0.4, -0.2) is 49.6 Å². The van der Waals surface area contributed by atoms with Gasteiger partial charge >= 0.3 is 0 Å². The first-order chi connectivity index (χ1) is 8.85. The van der Waals surface area contributed by atoms with Gasteiger partial charge in [-0.05, 0) is 52.1 Å². The Morgan fingerprint density at radius 3 is 2.68 bits per heavy atom. The van der Waals surface area contributed by atoms with Gasteiger partial charge in [0.05, 0.1) is 5.54 Å². The normalized spacial score (nSPS) is 21.7. The maximum atomic E-state index is 12.0. The van der Waals surface area contributed by atoms with Gasteiger partial charge in [0, 0.05) is 19.6 Å². The van der Waals surface area contributed by atoms with Crippen LogP contribution < -0.4 is 10.6 Å². The minimum atomic E-state index is -0.480. The van der Waals surface area contributed by atoms with Crippen molar-refractivity contribution < 1.29 is 4.79 Å². The molecule has 1 heterocycles. The van der Waals surface area contributed by atoms with Crippen molar-refractivity contribution in [1.29, 1.82) is 0 Å². The number of hydrogen-bond donors (Lipinski definition) is 2. The lowest BCUT2D eigenvalue weighted by atomic mass is 9.96. The lowest BCUT2D eigenvalue weighted by Gasteiger charge is -2.34. The minimum Gasteiger partial charge on any atom is -0.354 e. The summed E-state index contributed by atoms with van der Waals surface area (Å²) in [5, 5.41) is 6.13. The molecule has 0 radical (unpaired) electrons. The van der Waals surface area contributed by atoms with Crippen LogP contribution in [0.25, 0.3) is 0 Å². The van der Waals surface area contributed by atoms with Crippen LogP contribution in [0.4, 0.5) is 0 Å². The van der Waals surface area contributed by atoms with Crippen LogP contribution in [0.15, 0.2) is 0 Å². The Bertz CT molecular complexity index is 289. The second-order valence-corrected chi connectivity index (χ2v) is 6.75. The molecule has 2 N–H and O–H groups in total. The van der Waals surface area contributed by atoms with Crippen LogP contribution in [0, 0.1) is 11.8 Å². The Labute approximate surface area is 118 Å². The summed E-state index contributed by atoms with van der Waals surface area (Å²) in [5.74, 6) is 1.41. The van der Waals surface area contributed by atoms with Crippen LogP contribution in [0.2, 0.25) is 0 Å². The molecule has 0 aromatic carbocycles. The van der Waals surface area contributed by atoms with Gasteiger partial charge < -0.3 is 15.5 Å². The van der Waals surface area contributed by atoms with E-state index in [1.54, 1.807) is 0 Å². The van der Waals surface area contributed by atoms with Gasteiger partial charge in [0.2, 0.25) is 5.91 Å². The summed E-state index contributed by atoms with van der Waals surface area (Å²) >= 11 is 0. The fourth-order valence-corrected chi connectivity index (χ4v) is 2.57. The number of likely N-dealkylation sites (tertiary alicyclic amines) is 1. The van der Waals surface area contributed by atoms with Crippen molar-refractivity contribution in [3.63, 3.8) is 0 Å². The molecule has 1 fully saturated rings. The van der Waals surface area contributed by atoms with Crippen molar-refractivity contribution in [2.24, 2.45) is 11.8 Å². The zero-order valence-corrected chi connectivity index (χ0v) is 13.3. The number of nitrogens with zero attached hydrogens (tertiary/aromatic N) is 1. The molecule has 1 rings (SSSR count). The zero-order valence-electron chi connectivity index (χ0n) is 13.3. The first kappa shape index (κ1) is 16.4. The highest BCUT2D eigenvalue weighted by atomic mass is 16.2. The molecule has 1 aliphatic heterocycles. The van der Waals surface area contributed by atoms with E-state index in [9.17, 15) is 4.79 Å². The summed E-state index contributed by atoms with van der Waals surface area (Å²) in [6.45, 7) is 12.7. The molecular weight excluding hydrogens is 238 g/mol. The molecule has 19 heavy (non-hydrogen) atoms. The minimum absolute atomic E-state index is 0.0935. The number of amides is 1. The van der Waals surface area contributed by atoms with Gasteiger partial charge in [-0.15, -0.1) is 0 Å². The number of nitrogens with one attached hydrogen (secondary N) is 2. The third-order valence-corrected chi connectivity index (χ3v) is 3.97. The number of rotatable bonds is 6. The largest absolute Gasteiger partial charge is 0.354 e. The molecule has 0 aliphatic carbocycles. The summed E-state index contributed by atoms with van der Waals surface area (Å²) in [6.07, 6.45) is 2.48. The first-order valence-corrected chi connectivity index (χ1v) is 7.54. The lowest BCUT2D eigenvalue weighted by molar-refractivity contribution is -0.126. The summed E-state index contributed by atoms with van der Waals surface area (Å²) in [5.41, 5.74) is -0.480. The highest BCUT2D eigenvalue weighted by Crippen LogP contribution is 2.17. The van der Waals surface area contributed by atoms with Crippen LogP contribution >= 0.6 is 0 Å². The standard InChI is InChI=1S/C15H31N3O/c1-12(2)10-18-8-6-7-13(11-18)9-17-14(19)15(3,4)16-5/h12-13,16H,6-11H2,1-5H3,(H,17,19). The van der Waals surface area contributed by atoms with Crippen molar-refractivity contribution in [3.05, 3.63) is 0 Å². The van der Waals surface area contributed by atoms with Gasteiger partial charge in [-0.3, -0.25) is 4.79 Å². The summed E-state index contributed by atoms with van der Waals surface area (Å²) in [7, 11) is 1.82. The van der Waals surface area contributed by atoms with E-state index in [1.165, 1.54) is 25.9 Å². The predicted octanol–water partition coefficient (Wildman–Crippen LogP) is 1.47. The van der Waals surface area contributed by atoms with Crippen molar-refractivity contribution in [1.82, 2.24) is 15.5 Å². The molecule has 0 aromatic rings. The average Bonchev–Trinajstić information content (AvgIpc) is 2.35. The van der Waals surface area contributed by atoms with Crippen LogP contribution in [0.3, 0.4) is 0 Å². The Kier molecular flexibility index (Phi) is 6.27. The van der Waals surface area contributed by atoms with Gasteiger partial charge in [0.25, 0.3) is 0 Å². The maximum absolute atomic E-state index is 12.0. The summed E-state index contributed by atoms with van der Waals surface area (Å²) in [4.78, 5) is 14.5. The SMILES string of the molecule is CNC(C)(C)C(=O)NCC1CCCN(CC(C)C)C1. The van der Waals surface area contributed by atoms with Crippen LogP contribution in [-0.2, 0) is 4.79 Å². The third-order valence-electron chi connectivity index (χ3n) is 3.97. The van der Waals surface area contributed by atoms with Gasteiger partial charge in [-0.2, -0.15) is 0 Å². The third kappa shape index (κ3) is 5.49. The van der Waals surface area contributed by atoms with Crippen molar-refractivity contribution in [2.75, 3.05) is 33.2 Å². The number of carbonyl (C=O) groups excluding carboxylic acids is 1. The number of likely N-dealkylation sites (N-methyl/N-ethyl adjacent to an activating group) is 1. The molecule has 0 aromatic heterocycles. The smallest absolute Gasteiger partial charge is 0.239 e. The fourth-order valence-electron chi connectivity index (χ4n) is 2.57. The Morgan fingerprint density at radius 2 is 2.11 bits per heavy atom. The quantitative estimate of drug-likeness (QED) is 0.767. The Balaban J connectivity index is 2.35. The van der Waals surface area contributed by atoms with E-state index >= 15 is 0 Å².